The Morgan fingerprint density at radius 2 is 1.97 bits per heavy atom. The van der Waals surface area contributed by atoms with E-state index in [9.17, 15) is 9.59 Å². The molecular weight excluding hydrogens is 388 g/mol. The average Bonchev–Trinajstić information content (AvgIpc) is 3.11. The Morgan fingerprint density at radius 1 is 1.24 bits per heavy atom. The first-order valence-corrected chi connectivity index (χ1v) is 10.8. The number of carbonyl (C=O) groups is 2. The molecule has 2 aromatic rings. The van der Waals surface area contributed by atoms with Gasteiger partial charge in [0.15, 0.2) is 11.0 Å². The Hall–Kier alpha value is -2.35. The molecule has 0 spiro atoms. The zero-order valence-corrected chi connectivity index (χ0v) is 18.7. The first kappa shape index (κ1) is 22.9. The number of hydrogen-bond donors (Lipinski definition) is 0. The van der Waals surface area contributed by atoms with Crippen molar-refractivity contribution in [3.05, 3.63) is 29.8 Å². The summed E-state index contributed by atoms with van der Waals surface area (Å²) >= 11 is 1.38. The fraction of sp³-hybridized carbons (Fsp3) is 0.524. The maximum atomic E-state index is 12.8. The number of aryl methyl sites for hydroxylation is 1. The van der Waals surface area contributed by atoms with Gasteiger partial charge in [0.25, 0.3) is 0 Å². The van der Waals surface area contributed by atoms with Crippen LogP contribution >= 0.6 is 11.8 Å². The Kier molecular flexibility index (Phi) is 8.70. The summed E-state index contributed by atoms with van der Waals surface area (Å²) in [6.07, 6.45) is 0.197. The average molecular weight is 419 g/mol. The van der Waals surface area contributed by atoms with Crippen LogP contribution in [-0.2, 0) is 20.9 Å². The molecule has 2 rings (SSSR count). The van der Waals surface area contributed by atoms with Crippen molar-refractivity contribution in [2.75, 3.05) is 26.0 Å². The fourth-order valence-electron chi connectivity index (χ4n) is 3.01. The Balaban J connectivity index is 2.10. The van der Waals surface area contributed by atoms with Crippen LogP contribution in [0.4, 0.5) is 0 Å². The number of carbonyl (C=O) groups excluding carboxylic acids is 2. The van der Waals surface area contributed by atoms with Crippen molar-refractivity contribution in [1.29, 1.82) is 0 Å². The molecule has 0 unspecified atom stereocenters. The summed E-state index contributed by atoms with van der Waals surface area (Å²) in [4.78, 5) is 26.0. The van der Waals surface area contributed by atoms with Crippen LogP contribution in [0.2, 0.25) is 0 Å². The summed E-state index contributed by atoms with van der Waals surface area (Å²) in [5.41, 5.74) is 2.17. The fourth-order valence-corrected chi connectivity index (χ4v) is 3.91. The number of aromatic nitrogens is 3. The lowest BCUT2D eigenvalue weighted by molar-refractivity contribution is -0.141. The number of esters is 1. The molecule has 1 heterocycles. The molecule has 1 amide bonds. The molecular formula is C21H30N4O3S. The first-order valence-electron chi connectivity index (χ1n) is 9.83. The largest absolute Gasteiger partial charge is 0.469 e. The van der Waals surface area contributed by atoms with Gasteiger partial charge in [0.2, 0.25) is 5.91 Å². The van der Waals surface area contributed by atoms with Gasteiger partial charge in [-0.2, -0.15) is 0 Å². The van der Waals surface area contributed by atoms with Crippen LogP contribution in [0.15, 0.2) is 29.4 Å². The third kappa shape index (κ3) is 6.32. The second-order valence-electron chi connectivity index (χ2n) is 7.21. The van der Waals surface area contributed by atoms with Crippen molar-refractivity contribution in [3.63, 3.8) is 0 Å². The Bertz CT molecular complexity index is 835. The van der Waals surface area contributed by atoms with E-state index in [2.05, 4.69) is 10.2 Å². The van der Waals surface area contributed by atoms with E-state index in [0.717, 1.165) is 22.1 Å². The van der Waals surface area contributed by atoms with Crippen molar-refractivity contribution in [2.45, 2.75) is 45.8 Å². The minimum atomic E-state index is -0.312. The van der Waals surface area contributed by atoms with E-state index in [1.165, 1.54) is 18.9 Å². The molecule has 8 heteroatoms. The zero-order chi connectivity index (χ0) is 21.4. The second-order valence-corrected chi connectivity index (χ2v) is 8.16. The van der Waals surface area contributed by atoms with Crippen LogP contribution in [0, 0.1) is 12.8 Å². The van der Waals surface area contributed by atoms with E-state index < -0.39 is 0 Å². The Labute approximate surface area is 176 Å². The third-order valence-electron chi connectivity index (χ3n) is 4.50. The highest BCUT2D eigenvalue weighted by molar-refractivity contribution is 7.99. The molecule has 0 atom stereocenters. The number of benzene rings is 1. The number of amides is 1. The van der Waals surface area contributed by atoms with Gasteiger partial charge in [0.1, 0.15) is 0 Å². The molecule has 0 saturated heterocycles. The molecule has 0 N–H and O–H groups in total. The minimum absolute atomic E-state index is 0.0179. The molecule has 0 fully saturated rings. The maximum absolute atomic E-state index is 12.8. The molecule has 0 aliphatic heterocycles. The van der Waals surface area contributed by atoms with E-state index >= 15 is 0 Å². The van der Waals surface area contributed by atoms with Crippen LogP contribution in [-0.4, -0.2) is 57.5 Å². The highest BCUT2D eigenvalue weighted by Crippen LogP contribution is 2.26. The third-order valence-corrected chi connectivity index (χ3v) is 5.45. The van der Waals surface area contributed by atoms with Gasteiger partial charge in [-0.05, 0) is 25.3 Å². The number of ether oxygens (including phenoxy) is 1. The van der Waals surface area contributed by atoms with Gasteiger partial charge < -0.3 is 14.2 Å². The van der Waals surface area contributed by atoms with Gasteiger partial charge in [-0.1, -0.05) is 49.9 Å². The predicted octanol–water partition coefficient (Wildman–Crippen LogP) is 3.41. The van der Waals surface area contributed by atoms with E-state index in [1.807, 2.05) is 56.5 Å². The molecule has 0 bridgehead atoms. The number of hydrogen-bond acceptors (Lipinski definition) is 6. The van der Waals surface area contributed by atoms with E-state index in [4.69, 9.17) is 4.74 Å². The molecule has 7 nitrogen and oxygen atoms in total. The van der Waals surface area contributed by atoms with E-state index in [1.54, 1.807) is 4.90 Å². The smallest absolute Gasteiger partial charge is 0.307 e. The predicted molar refractivity (Wildman–Crippen MR) is 115 cm³/mol. The minimum Gasteiger partial charge on any atom is -0.469 e. The monoisotopic (exact) mass is 418 g/mol. The van der Waals surface area contributed by atoms with Crippen molar-refractivity contribution >= 4 is 23.6 Å². The molecule has 1 aromatic heterocycles. The number of methoxy groups -OCH3 is 1. The molecule has 0 radical (unpaired) electrons. The number of nitrogens with zero attached hydrogens (tertiary/aromatic N) is 4. The van der Waals surface area contributed by atoms with Crippen LogP contribution < -0.4 is 0 Å². The summed E-state index contributed by atoms with van der Waals surface area (Å²) in [5.74, 6) is 1.04. The first-order chi connectivity index (χ1) is 13.9. The topological polar surface area (TPSA) is 77.3 Å². The summed E-state index contributed by atoms with van der Waals surface area (Å²) in [6, 6.07) is 8.06. The molecule has 0 saturated carbocycles. The summed E-state index contributed by atoms with van der Waals surface area (Å²) in [7, 11) is 1.36. The van der Waals surface area contributed by atoms with Gasteiger partial charge in [0.05, 0.1) is 19.3 Å². The quantitative estimate of drug-likeness (QED) is 0.435. The summed E-state index contributed by atoms with van der Waals surface area (Å²) < 4.78 is 6.72. The number of thioether (sulfide) groups is 1. The maximum Gasteiger partial charge on any atom is 0.307 e. The standard InChI is InChI=1S/C21H30N4O3S/c1-6-25-20(17-10-8-7-9-16(17)4)22-23-21(25)29-14-18(26)24(13-15(2)3)12-11-19(27)28-5/h7-10,15H,6,11-14H2,1-5H3. The van der Waals surface area contributed by atoms with E-state index in [0.29, 0.717) is 25.6 Å². The summed E-state index contributed by atoms with van der Waals surface area (Å²) in [5, 5.41) is 9.40. The summed E-state index contributed by atoms with van der Waals surface area (Å²) in [6.45, 7) is 9.86. The van der Waals surface area contributed by atoms with Crippen molar-refractivity contribution in [3.8, 4) is 11.4 Å². The van der Waals surface area contributed by atoms with Crippen molar-refractivity contribution in [1.82, 2.24) is 19.7 Å². The van der Waals surface area contributed by atoms with Crippen LogP contribution in [0.5, 0.6) is 0 Å². The molecule has 29 heavy (non-hydrogen) atoms. The SMILES string of the molecule is CCn1c(SCC(=O)N(CCC(=O)OC)CC(C)C)nnc1-c1ccccc1C. The molecule has 158 valence electrons. The molecule has 0 aliphatic rings. The van der Waals surface area contributed by atoms with Crippen molar-refractivity contribution in [2.24, 2.45) is 5.92 Å². The second kappa shape index (κ2) is 11.0. The van der Waals surface area contributed by atoms with Gasteiger partial charge >= 0.3 is 5.97 Å². The van der Waals surface area contributed by atoms with Crippen LogP contribution in [0.3, 0.4) is 0 Å². The zero-order valence-electron chi connectivity index (χ0n) is 17.8. The normalized spacial score (nSPS) is 11.0. The lowest BCUT2D eigenvalue weighted by Crippen LogP contribution is -2.37. The molecule has 0 aliphatic carbocycles. The van der Waals surface area contributed by atoms with Gasteiger partial charge in [-0.3, -0.25) is 9.59 Å². The van der Waals surface area contributed by atoms with Gasteiger partial charge in [0, 0.05) is 25.2 Å². The van der Waals surface area contributed by atoms with Gasteiger partial charge in [-0.25, -0.2) is 0 Å². The lowest BCUT2D eigenvalue weighted by atomic mass is 10.1. The van der Waals surface area contributed by atoms with E-state index in [-0.39, 0.29) is 24.1 Å². The Morgan fingerprint density at radius 3 is 2.59 bits per heavy atom. The van der Waals surface area contributed by atoms with Crippen molar-refractivity contribution < 1.29 is 14.3 Å². The van der Waals surface area contributed by atoms with Gasteiger partial charge in [-0.15, -0.1) is 10.2 Å². The number of rotatable bonds is 10. The lowest BCUT2D eigenvalue weighted by Gasteiger charge is -2.24. The highest BCUT2D eigenvalue weighted by Gasteiger charge is 2.20. The molecule has 1 aromatic carbocycles. The highest BCUT2D eigenvalue weighted by atomic mass is 32.2. The van der Waals surface area contributed by atoms with Crippen LogP contribution in [0.1, 0.15) is 32.8 Å². The van der Waals surface area contributed by atoms with Crippen LogP contribution in [0.25, 0.3) is 11.4 Å².